The molecule has 1 aliphatic heterocycles. The van der Waals surface area contributed by atoms with Crippen molar-refractivity contribution >= 4 is 38.9 Å². The molecule has 140 valence electrons. The molecular formula is C20H15N3O4S. The number of aliphatic hydroxyl groups excluding tert-OH is 1. The lowest BCUT2D eigenvalue weighted by atomic mass is 9.90. The van der Waals surface area contributed by atoms with Crippen molar-refractivity contribution in [3.63, 3.8) is 0 Å². The van der Waals surface area contributed by atoms with Crippen LogP contribution in [0.2, 0.25) is 0 Å². The lowest BCUT2D eigenvalue weighted by Gasteiger charge is -2.26. The number of carbonyl (C=O) groups is 2. The second-order valence-electron chi connectivity index (χ2n) is 6.92. The van der Waals surface area contributed by atoms with Crippen LogP contribution in [0.25, 0.3) is 10.8 Å². The molecule has 0 radical (unpaired) electrons. The Morgan fingerprint density at radius 3 is 2.64 bits per heavy atom. The van der Waals surface area contributed by atoms with Crippen LogP contribution in [-0.4, -0.2) is 32.1 Å². The number of anilines is 1. The molecule has 5 rings (SSSR count). The monoisotopic (exact) mass is 393 g/mol. The van der Waals surface area contributed by atoms with Crippen molar-refractivity contribution in [1.82, 2.24) is 10.2 Å². The number of benzene rings is 2. The molecule has 1 aromatic heterocycles. The molecule has 0 spiro atoms. The Balaban J connectivity index is 1.79. The molecule has 1 amide bonds. The van der Waals surface area contributed by atoms with Crippen LogP contribution in [0.3, 0.4) is 0 Å². The van der Waals surface area contributed by atoms with E-state index >= 15 is 0 Å². The van der Waals surface area contributed by atoms with Crippen LogP contribution in [-0.2, 0) is 9.59 Å². The van der Waals surface area contributed by atoms with Crippen LogP contribution in [0, 0.1) is 5.92 Å². The van der Waals surface area contributed by atoms with Gasteiger partial charge in [-0.05, 0) is 29.7 Å². The SMILES string of the molecule is O=C(C1=C(O)C(=O)N(c2nncs2)C1c1c(O)ccc2ccccc12)C1CC1. The first-order valence-corrected chi connectivity index (χ1v) is 9.73. The van der Waals surface area contributed by atoms with E-state index in [4.69, 9.17) is 0 Å². The van der Waals surface area contributed by atoms with Gasteiger partial charge in [-0.25, -0.2) is 0 Å². The number of ketones is 1. The summed E-state index contributed by atoms with van der Waals surface area (Å²) in [6.07, 6.45) is 1.47. The predicted molar refractivity (Wildman–Crippen MR) is 103 cm³/mol. The Bertz CT molecular complexity index is 1150. The molecule has 1 fully saturated rings. The second-order valence-corrected chi connectivity index (χ2v) is 7.73. The highest BCUT2D eigenvalue weighted by Gasteiger charge is 2.49. The van der Waals surface area contributed by atoms with E-state index in [1.54, 1.807) is 6.07 Å². The van der Waals surface area contributed by atoms with Gasteiger partial charge >= 0.3 is 0 Å². The van der Waals surface area contributed by atoms with Gasteiger partial charge in [-0.1, -0.05) is 41.7 Å². The number of aromatic nitrogens is 2. The Hall–Kier alpha value is -3.26. The number of Topliss-reactive ketones (excluding diaryl/α,β-unsaturated/α-hetero) is 1. The Morgan fingerprint density at radius 2 is 1.93 bits per heavy atom. The number of hydrogen-bond acceptors (Lipinski definition) is 7. The zero-order valence-electron chi connectivity index (χ0n) is 14.6. The summed E-state index contributed by atoms with van der Waals surface area (Å²) >= 11 is 1.13. The first-order chi connectivity index (χ1) is 13.6. The number of aromatic hydroxyl groups is 1. The minimum Gasteiger partial charge on any atom is -0.508 e. The molecule has 1 saturated carbocycles. The van der Waals surface area contributed by atoms with Crippen LogP contribution in [0.1, 0.15) is 24.4 Å². The van der Waals surface area contributed by atoms with Crippen LogP contribution in [0.4, 0.5) is 5.13 Å². The van der Waals surface area contributed by atoms with Crippen molar-refractivity contribution in [2.24, 2.45) is 5.92 Å². The molecule has 2 N–H and O–H groups in total. The van der Waals surface area contributed by atoms with Crippen LogP contribution >= 0.6 is 11.3 Å². The van der Waals surface area contributed by atoms with Crippen molar-refractivity contribution in [2.75, 3.05) is 4.90 Å². The lowest BCUT2D eigenvalue weighted by molar-refractivity contribution is -0.118. The normalized spacial score (nSPS) is 19.6. The van der Waals surface area contributed by atoms with E-state index in [-0.39, 0.29) is 28.2 Å². The first kappa shape index (κ1) is 16.9. The average Bonchev–Trinajstić information content (AvgIpc) is 3.36. The predicted octanol–water partition coefficient (Wildman–Crippen LogP) is 3.28. The fraction of sp³-hybridized carbons (Fsp3) is 0.200. The summed E-state index contributed by atoms with van der Waals surface area (Å²) in [7, 11) is 0. The van der Waals surface area contributed by atoms with Crippen LogP contribution < -0.4 is 4.90 Å². The number of phenols is 1. The van der Waals surface area contributed by atoms with Crippen LogP contribution in [0.15, 0.2) is 53.2 Å². The number of aliphatic hydroxyl groups is 1. The summed E-state index contributed by atoms with van der Waals surface area (Å²) in [5.41, 5.74) is 1.89. The number of hydrogen-bond donors (Lipinski definition) is 2. The third kappa shape index (κ3) is 2.41. The fourth-order valence-electron chi connectivity index (χ4n) is 3.74. The maximum absolute atomic E-state index is 13.0. The molecule has 2 heterocycles. The van der Waals surface area contributed by atoms with Gasteiger partial charge in [0, 0.05) is 11.5 Å². The molecule has 1 atom stereocenters. The Morgan fingerprint density at radius 1 is 1.14 bits per heavy atom. The summed E-state index contributed by atoms with van der Waals surface area (Å²) in [4.78, 5) is 27.2. The quantitative estimate of drug-likeness (QED) is 0.705. The highest BCUT2D eigenvalue weighted by atomic mass is 32.1. The number of fused-ring (bicyclic) bond motifs is 1. The third-order valence-corrected chi connectivity index (χ3v) is 5.89. The van der Waals surface area contributed by atoms with Crippen molar-refractivity contribution < 1.29 is 19.8 Å². The Kier molecular flexibility index (Phi) is 3.70. The zero-order valence-corrected chi connectivity index (χ0v) is 15.4. The van der Waals surface area contributed by atoms with Gasteiger partial charge in [0.05, 0.1) is 5.57 Å². The topological polar surface area (TPSA) is 104 Å². The van der Waals surface area contributed by atoms with E-state index in [0.29, 0.717) is 10.9 Å². The van der Waals surface area contributed by atoms with Crippen LogP contribution in [0.5, 0.6) is 5.75 Å². The summed E-state index contributed by atoms with van der Waals surface area (Å²) < 4.78 is 0. The molecule has 0 saturated heterocycles. The minimum absolute atomic E-state index is 0.0225. The van der Waals surface area contributed by atoms with Crippen molar-refractivity contribution in [1.29, 1.82) is 0 Å². The summed E-state index contributed by atoms with van der Waals surface area (Å²) in [5.74, 6) is -1.79. The smallest absolute Gasteiger partial charge is 0.296 e. The van der Waals surface area contributed by atoms with E-state index in [9.17, 15) is 19.8 Å². The average molecular weight is 393 g/mol. The van der Waals surface area contributed by atoms with E-state index < -0.39 is 17.7 Å². The largest absolute Gasteiger partial charge is 0.508 e. The van der Waals surface area contributed by atoms with E-state index in [1.165, 1.54) is 16.5 Å². The van der Waals surface area contributed by atoms with Crippen molar-refractivity contribution in [3.05, 3.63) is 58.8 Å². The van der Waals surface area contributed by atoms with E-state index in [0.717, 1.165) is 29.6 Å². The van der Waals surface area contributed by atoms with Gasteiger partial charge in [0.1, 0.15) is 17.3 Å². The molecule has 3 aromatic rings. The Labute approximate surface area is 163 Å². The molecular weight excluding hydrogens is 378 g/mol. The maximum atomic E-state index is 13.0. The van der Waals surface area contributed by atoms with E-state index in [1.807, 2.05) is 24.3 Å². The van der Waals surface area contributed by atoms with Gasteiger partial charge in [0.25, 0.3) is 5.91 Å². The van der Waals surface area contributed by atoms with Gasteiger partial charge in [-0.15, -0.1) is 10.2 Å². The molecule has 1 unspecified atom stereocenters. The fourth-order valence-corrected chi connectivity index (χ4v) is 4.32. The van der Waals surface area contributed by atoms with Gasteiger partial charge in [-0.2, -0.15) is 0 Å². The number of rotatable bonds is 4. The highest BCUT2D eigenvalue weighted by molar-refractivity contribution is 7.13. The summed E-state index contributed by atoms with van der Waals surface area (Å²) in [6.45, 7) is 0. The van der Waals surface area contributed by atoms with E-state index in [2.05, 4.69) is 10.2 Å². The molecule has 28 heavy (non-hydrogen) atoms. The van der Waals surface area contributed by atoms with Crippen molar-refractivity contribution in [3.8, 4) is 5.75 Å². The second kappa shape index (κ2) is 6.13. The van der Waals surface area contributed by atoms with Gasteiger partial charge in [0.15, 0.2) is 11.5 Å². The first-order valence-electron chi connectivity index (χ1n) is 8.85. The number of amides is 1. The lowest BCUT2D eigenvalue weighted by Crippen LogP contribution is -2.31. The standard InChI is InChI=1S/C20H15N3O4S/c24-13-8-7-10-3-1-2-4-12(10)14(13)16-15(17(25)11-5-6-11)18(26)19(27)23(16)20-22-21-9-28-20/h1-4,7-9,11,16,24,26H,5-6H2. The van der Waals surface area contributed by atoms with Gasteiger partial charge in [-0.3, -0.25) is 14.5 Å². The molecule has 2 aromatic carbocycles. The zero-order chi connectivity index (χ0) is 19.4. The highest BCUT2D eigenvalue weighted by Crippen LogP contribution is 2.48. The molecule has 8 heteroatoms. The van der Waals surface area contributed by atoms with Crippen molar-refractivity contribution in [2.45, 2.75) is 18.9 Å². The third-order valence-electron chi connectivity index (χ3n) is 5.20. The molecule has 7 nitrogen and oxygen atoms in total. The molecule has 1 aliphatic carbocycles. The molecule has 0 bridgehead atoms. The number of phenolic OH excluding ortho intramolecular Hbond substituents is 1. The summed E-state index contributed by atoms with van der Waals surface area (Å²) in [6, 6.07) is 9.75. The van der Waals surface area contributed by atoms with Gasteiger partial charge in [0.2, 0.25) is 5.13 Å². The van der Waals surface area contributed by atoms with Gasteiger partial charge < -0.3 is 10.2 Å². The number of carbonyl (C=O) groups excluding carboxylic acids is 2. The summed E-state index contributed by atoms with van der Waals surface area (Å²) in [5, 5.41) is 30.9. The number of nitrogens with zero attached hydrogens (tertiary/aromatic N) is 3. The minimum atomic E-state index is -0.959. The molecule has 2 aliphatic rings. The maximum Gasteiger partial charge on any atom is 0.296 e.